The number of aromatic nitrogens is 4. The minimum Gasteiger partial charge on any atom is -0.302 e. The van der Waals surface area contributed by atoms with Crippen molar-refractivity contribution in [3.05, 3.63) is 52.2 Å². The molecule has 136 valence electrons. The van der Waals surface area contributed by atoms with Crippen molar-refractivity contribution in [1.29, 1.82) is 0 Å². The topological polar surface area (TPSA) is 56.0 Å². The summed E-state index contributed by atoms with van der Waals surface area (Å²) < 4.78 is 3.93. The normalized spacial score (nSPS) is 11.3. The number of rotatable bonds is 5. The second-order valence-electron chi connectivity index (χ2n) is 6.62. The average Bonchev–Trinajstić information content (AvgIpc) is 3.06. The van der Waals surface area contributed by atoms with E-state index in [0.717, 1.165) is 40.4 Å². The van der Waals surface area contributed by atoms with Gasteiger partial charge in [-0.15, -0.1) is 0 Å². The third kappa shape index (κ3) is 3.06. The zero-order valence-corrected chi connectivity index (χ0v) is 16.4. The number of nitrogens with zero attached hydrogens (tertiary/aromatic N) is 5. The molecular weight excluding hydrogens is 350 g/mol. The first-order chi connectivity index (χ1) is 12.3. The van der Waals surface area contributed by atoms with Gasteiger partial charge in [0.2, 0.25) is 0 Å². The molecule has 0 amide bonds. The van der Waals surface area contributed by atoms with Gasteiger partial charge in [-0.3, -0.25) is 14.0 Å². The van der Waals surface area contributed by atoms with Gasteiger partial charge in [-0.25, -0.2) is 4.98 Å². The smallest absolute Gasteiger partial charge is 0.151 e. The third-order valence-electron chi connectivity index (χ3n) is 4.30. The third-order valence-corrected chi connectivity index (χ3v) is 4.72. The van der Waals surface area contributed by atoms with Crippen molar-refractivity contribution < 1.29 is 4.79 Å². The van der Waals surface area contributed by atoms with E-state index in [1.807, 2.05) is 58.0 Å². The summed E-state index contributed by atoms with van der Waals surface area (Å²) in [4.78, 5) is 18.0. The van der Waals surface area contributed by atoms with Crippen molar-refractivity contribution in [2.24, 2.45) is 7.05 Å². The summed E-state index contributed by atoms with van der Waals surface area (Å²) in [5.74, 6) is 1.80. The number of benzene rings is 1. The van der Waals surface area contributed by atoms with Crippen LogP contribution >= 0.6 is 11.6 Å². The lowest BCUT2D eigenvalue weighted by atomic mass is 10.0. The minimum atomic E-state index is 0.437. The number of hydrogen-bond acceptors (Lipinski definition) is 4. The van der Waals surface area contributed by atoms with E-state index in [9.17, 15) is 4.79 Å². The van der Waals surface area contributed by atoms with Crippen LogP contribution in [-0.2, 0) is 13.6 Å². The van der Waals surface area contributed by atoms with Crippen LogP contribution in [0.4, 0.5) is 0 Å². The molecule has 3 rings (SSSR count). The molecule has 26 heavy (non-hydrogen) atoms. The summed E-state index contributed by atoms with van der Waals surface area (Å²) in [6.07, 6.45) is 2.63. The zero-order valence-electron chi connectivity index (χ0n) is 15.6. The molecule has 0 aliphatic carbocycles. The Bertz CT molecular complexity index is 971. The van der Waals surface area contributed by atoms with Crippen molar-refractivity contribution >= 4 is 17.9 Å². The van der Waals surface area contributed by atoms with Crippen molar-refractivity contribution in [3.63, 3.8) is 0 Å². The molecule has 0 bridgehead atoms. The Morgan fingerprint density at radius 2 is 2.00 bits per heavy atom. The maximum atomic E-state index is 11.3. The Balaban J connectivity index is 2.31. The second kappa shape index (κ2) is 7.05. The van der Waals surface area contributed by atoms with Crippen LogP contribution in [0.15, 0.2) is 24.4 Å². The van der Waals surface area contributed by atoms with E-state index in [2.05, 4.69) is 19.5 Å². The number of imidazole rings is 1. The lowest BCUT2D eigenvalue weighted by molar-refractivity contribution is 0.112. The van der Waals surface area contributed by atoms with Gasteiger partial charge in [0.15, 0.2) is 6.29 Å². The van der Waals surface area contributed by atoms with E-state index in [1.165, 1.54) is 0 Å². The monoisotopic (exact) mass is 371 g/mol. The highest BCUT2D eigenvalue weighted by Crippen LogP contribution is 2.37. The molecule has 0 radical (unpaired) electrons. The molecule has 2 heterocycles. The molecule has 0 saturated carbocycles. The lowest BCUT2D eigenvalue weighted by Gasteiger charge is -2.16. The van der Waals surface area contributed by atoms with Crippen molar-refractivity contribution in [2.75, 3.05) is 14.1 Å². The van der Waals surface area contributed by atoms with Gasteiger partial charge in [0.1, 0.15) is 11.6 Å². The largest absolute Gasteiger partial charge is 0.302 e. The Morgan fingerprint density at radius 3 is 2.65 bits per heavy atom. The first kappa shape index (κ1) is 18.4. The summed E-state index contributed by atoms with van der Waals surface area (Å²) in [6.45, 7) is 4.65. The molecule has 6 nitrogen and oxygen atoms in total. The number of carbonyl (C=O) groups is 1. The maximum Gasteiger partial charge on any atom is 0.151 e. The number of halogens is 1. The van der Waals surface area contributed by atoms with Crippen LogP contribution in [0.3, 0.4) is 0 Å². The Hall–Kier alpha value is -2.44. The van der Waals surface area contributed by atoms with Crippen LogP contribution in [-0.4, -0.2) is 44.6 Å². The molecule has 0 aliphatic heterocycles. The van der Waals surface area contributed by atoms with E-state index in [4.69, 9.17) is 11.6 Å². The van der Waals surface area contributed by atoms with Crippen molar-refractivity contribution in [1.82, 2.24) is 24.2 Å². The van der Waals surface area contributed by atoms with Crippen molar-refractivity contribution in [2.45, 2.75) is 20.4 Å². The first-order valence-electron chi connectivity index (χ1n) is 8.31. The molecule has 3 aromatic rings. The maximum absolute atomic E-state index is 11.3. The number of hydrogen-bond donors (Lipinski definition) is 0. The van der Waals surface area contributed by atoms with Gasteiger partial charge in [0.05, 0.1) is 17.3 Å². The lowest BCUT2D eigenvalue weighted by Crippen LogP contribution is -2.17. The summed E-state index contributed by atoms with van der Waals surface area (Å²) in [7, 11) is 5.92. The Kier molecular flexibility index (Phi) is 4.98. The fraction of sp³-hybridized carbons (Fsp3) is 0.316. The van der Waals surface area contributed by atoms with Gasteiger partial charge in [-0.05, 0) is 27.9 Å². The molecule has 1 aromatic carbocycles. The minimum absolute atomic E-state index is 0.437. The molecule has 7 heteroatoms. The quantitative estimate of drug-likeness (QED) is 0.645. The summed E-state index contributed by atoms with van der Waals surface area (Å²) in [5, 5.41) is 5.05. The van der Waals surface area contributed by atoms with E-state index in [0.29, 0.717) is 17.1 Å². The first-order valence-corrected chi connectivity index (χ1v) is 8.69. The van der Waals surface area contributed by atoms with Gasteiger partial charge in [0.25, 0.3) is 0 Å². The SMILES string of the molecule is Cc1nn(C)c(-n2c(C)cnc2CN(C)C)c1-c1cccc(C=O)c1Cl. The summed E-state index contributed by atoms with van der Waals surface area (Å²) >= 11 is 6.52. The van der Waals surface area contributed by atoms with Crippen LogP contribution < -0.4 is 0 Å². The van der Waals surface area contributed by atoms with Crippen LogP contribution in [0.25, 0.3) is 16.9 Å². The van der Waals surface area contributed by atoms with E-state index >= 15 is 0 Å². The standard InChI is InChI=1S/C19H22ClN5O/c1-12-9-21-16(10-23(3)4)25(12)19-17(13(2)22-24(19)5)15-8-6-7-14(11-26)18(15)20/h6-9,11H,10H2,1-5H3. The molecule has 0 unspecified atom stereocenters. The molecule has 0 aliphatic rings. The van der Waals surface area contributed by atoms with E-state index in [-0.39, 0.29) is 0 Å². The predicted molar refractivity (Wildman–Crippen MR) is 103 cm³/mol. The van der Waals surface area contributed by atoms with E-state index < -0.39 is 0 Å². The highest BCUT2D eigenvalue weighted by atomic mass is 35.5. The highest BCUT2D eigenvalue weighted by molar-refractivity contribution is 6.35. The van der Waals surface area contributed by atoms with Gasteiger partial charge in [0, 0.05) is 35.6 Å². The van der Waals surface area contributed by atoms with Crippen LogP contribution in [0, 0.1) is 13.8 Å². The second-order valence-corrected chi connectivity index (χ2v) is 7.00. The fourth-order valence-corrected chi connectivity index (χ4v) is 3.49. The van der Waals surface area contributed by atoms with Gasteiger partial charge in [-0.1, -0.05) is 29.8 Å². The number of carbonyl (C=O) groups excluding carboxylic acids is 1. The van der Waals surface area contributed by atoms with Gasteiger partial charge in [-0.2, -0.15) is 5.10 Å². The number of aldehydes is 1. The van der Waals surface area contributed by atoms with Crippen LogP contribution in [0.5, 0.6) is 0 Å². The Morgan fingerprint density at radius 1 is 1.27 bits per heavy atom. The van der Waals surface area contributed by atoms with Gasteiger partial charge < -0.3 is 4.90 Å². The molecule has 0 saturated heterocycles. The zero-order chi connectivity index (χ0) is 19.0. The van der Waals surface area contributed by atoms with Crippen LogP contribution in [0.1, 0.15) is 27.6 Å². The molecular formula is C19H22ClN5O. The van der Waals surface area contributed by atoms with Crippen molar-refractivity contribution in [3.8, 4) is 16.9 Å². The van der Waals surface area contributed by atoms with Crippen LogP contribution in [0.2, 0.25) is 5.02 Å². The molecule has 0 spiro atoms. The molecule has 2 aromatic heterocycles. The summed E-state index contributed by atoms with van der Waals surface area (Å²) in [6, 6.07) is 5.47. The van der Waals surface area contributed by atoms with Gasteiger partial charge >= 0.3 is 0 Å². The number of aryl methyl sites for hydroxylation is 3. The highest BCUT2D eigenvalue weighted by Gasteiger charge is 2.23. The Labute approximate surface area is 158 Å². The molecule has 0 N–H and O–H groups in total. The average molecular weight is 372 g/mol. The molecule has 0 fully saturated rings. The summed E-state index contributed by atoms with van der Waals surface area (Å²) in [5.41, 5.74) is 4.02. The van der Waals surface area contributed by atoms with E-state index in [1.54, 1.807) is 6.07 Å². The fourth-order valence-electron chi connectivity index (χ4n) is 3.22. The predicted octanol–water partition coefficient (Wildman–Crippen LogP) is 3.42. The molecule has 0 atom stereocenters.